The lowest BCUT2D eigenvalue weighted by Gasteiger charge is -2.18. The van der Waals surface area contributed by atoms with Crippen molar-refractivity contribution in [1.29, 1.82) is 0 Å². The van der Waals surface area contributed by atoms with Crippen LogP contribution in [0.15, 0.2) is 78.9 Å². The van der Waals surface area contributed by atoms with Crippen molar-refractivity contribution in [2.24, 2.45) is 0 Å². The minimum atomic E-state index is 1.06. The van der Waals surface area contributed by atoms with E-state index in [0.29, 0.717) is 0 Å². The molecule has 0 bridgehead atoms. The molecule has 0 N–H and O–H groups in total. The normalized spacial score (nSPS) is 14.2. The molecule has 0 fully saturated rings. The van der Waals surface area contributed by atoms with E-state index >= 15 is 0 Å². The lowest BCUT2D eigenvalue weighted by molar-refractivity contribution is 1.06. The van der Waals surface area contributed by atoms with Gasteiger partial charge in [0.15, 0.2) is 0 Å². The van der Waals surface area contributed by atoms with Crippen molar-refractivity contribution in [2.45, 2.75) is 40.0 Å². The summed E-state index contributed by atoms with van der Waals surface area (Å²) >= 11 is 0. The highest BCUT2D eigenvalue weighted by Gasteiger charge is 2.22. The van der Waals surface area contributed by atoms with Crippen LogP contribution in [0.1, 0.15) is 54.5 Å². The third-order valence-electron chi connectivity index (χ3n) is 5.73. The van der Waals surface area contributed by atoms with Gasteiger partial charge in [0.05, 0.1) is 0 Å². The van der Waals surface area contributed by atoms with E-state index < -0.39 is 0 Å². The van der Waals surface area contributed by atoms with Gasteiger partial charge in [0.2, 0.25) is 0 Å². The number of fused-ring (bicyclic) bond motifs is 3. The molecule has 140 valence electrons. The van der Waals surface area contributed by atoms with Crippen LogP contribution in [0.5, 0.6) is 0 Å². The predicted octanol–water partition coefficient (Wildman–Crippen LogP) is 7.85. The highest BCUT2D eigenvalue weighted by Crippen LogP contribution is 2.42. The van der Waals surface area contributed by atoms with Gasteiger partial charge in [-0.2, -0.15) is 0 Å². The van der Waals surface area contributed by atoms with Crippen molar-refractivity contribution < 1.29 is 0 Å². The molecule has 0 nitrogen and oxygen atoms in total. The molecule has 0 atom stereocenters. The molecule has 0 amide bonds. The molecule has 2 aliphatic carbocycles. The fourth-order valence-electron chi connectivity index (χ4n) is 4.41. The van der Waals surface area contributed by atoms with Crippen LogP contribution in [0.25, 0.3) is 22.3 Å². The van der Waals surface area contributed by atoms with E-state index in [0.717, 1.165) is 19.3 Å². The summed E-state index contributed by atoms with van der Waals surface area (Å²) < 4.78 is 0. The molecule has 0 saturated heterocycles. The van der Waals surface area contributed by atoms with Gasteiger partial charge < -0.3 is 0 Å². The van der Waals surface area contributed by atoms with Crippen molar-refractivity contribution in [3.8, 4) is 11.1 Å². The molecule has 28 heavy (non-hydrogen) atoms. The molecule has 0 heteroatoms. The largest absolute Gasteiger partial charge is 0.0683 e. The van der Waals surface area contributed by atoms with Gasteiger partial charge in [0, 0.05) is 0 Å². The molecule has 0 spiro atoms. The first kappa shape index (κ1) is 18.5. The topological polar surface area (TPSA) is 0 Å². The average molecular weight is 365 g/mol. The number of rotatable bonds is 2. The van der Waals surface area contributed by atoms with Crippen LogP contribution >= 0.6 is 0 Å². The summed E-state index contributed by atoms with van der Waals surface area (Å²) in [5.74, 6) is 0. The van der Waals surface area contributed by atoms with Gasteiger partial charge in [0.25, 0.3) is 0 Å². The summed E-state index contributed by atoms with van der Waals surface area (Å²) in [5, 5.41) is 0. The maximum atomic E-state index is 2.35. The number of allylic oxidation sites excluding steroid dienone is 4. The van der Waals surface area contributed by atoms with E-state index in [1.54, 1.807) is 0 Å². The van der Waals surface area contributed by atoms with Gasteiger partial charge in [-0.25, -0.2) is 0 Å². The van der Waals surface area contributed by atoms with Crippen LogP contribution in [0.2, 0.25) is 0 Å². The molecular weight excluding hydrogens is 336 g/mol. The predicted molar refractivity (Wildman–Crippen MR) is 122 cm³/mol. The lowest BCUT2D eigenvalue weighted by atomic mass is 9.87. The molecule has 3 aromatic carbocycles. The fraction of sp³-hybridized carbons (Fsp3) is 0.214. The van der Waals surface area contributed by atoms with Gasteiger partial charge in [0.1, 0.15) is 0 Å². The Hall–Kier alpha value is -2.86. The lowest BCUT2D eigenvalue weighted by Crippen LogP contribution is -1.97. The van der Waals surface area contributed by atoms with Crippen molar-refractivity contribution in [2.75, 3.05) is 0 Å². The van der Waals surface area contributed by atoms with Crippen molar-refractivity contribution in [1.82, 2.24) is 0 Å². The third-order valence-corrected chi connectivity index (χ3v) is 5.73. The highest BCUT2D eigenvalue weighted by molar-refractivity contribution is 5.86. The molecular formula is C28H28. The molecule has 0 radical (unpaired) electrons. The van der Waals surface area contributed by atoms with Gasteiger partial charge in [-0.15, -0.1) is 0 Å². The maximum Gasteiger partial charge on any atom is -0.000740 e. The van der Waals surface area contributed by atoms with Crippen molar-refractivity contribution in [3.63, 3.8) is 0 Å². The van der Waals surface area contributed by atoms with Gasteiger partial charge in [-0.05, 0) is 70.7 Å². The molecule has 0 saturated carbocycles. The monoisotopic (exact) mass is 364 g/mol. The van der Waals surface area contributed by atoms with E-state index in [1.165, 1.54) is 50.1 Å². The van der Waals surface area contributed by atoms with E-state index in [1.807, 2.05) is 13.8 Å². The van der Waals surface area contributed by atoms with Crippen LogP contribution in [0.4, 0.5) is 0 Å². The zero-order chi connectivity index (χ0) is 19.5. The molecule has 5 rings (SSSR count). The molecule has 2 aliphatic rings. The van der Waals surface area contributed by atoms with E-state index in [9.17, 15) is 0 Å². The Kier molecular flexibility index (Phi) is 5.30. The second kappa shape index (κ2) is 8.02. The minimum absolute atomic E-state index is 1.06. The Bertz CT molecular complexity index is 1060. The number of benzene rings is 3. The summed E-state index contributed by atoms with van der Waals surface area (Å²) in [6, 6.07) is 24.5. The molecule has 0 aliphatic heterocycles. The Balaban J connectivity index is 0.000000932. The van der Waals surface area contributed by atoms with Crippen molar-refractivity contribution in [3.05, 3.63) is 107 Å². The van der Waals surface area contributed by atoms with Crippen molar-refractivity contribution >= 4 is 11.1 Å². The summed E-state index contributed by atoms with van der Waals surface area (Å²) in [6.45, 7) is 6.17. The Labute approximate surface area is 169 Å². The summed E-state index contributed by atoms with van der Waals surface area (Å²) in [7, 11) is 0. The van der Waals surface area contributed by atoms with Gasteiger partial charge in [-0.3, -0.25) is 0 Å². The summed E-state index contributed by atoms with van der Waals surface area (Å²) in [4.78, 5) is 0. The Morgan fingerprint density at radius 2 is 1.32 bits per heavy atom. The fourth-order valence-corrected chi connectivity index (χ4v) is 4.41. The van der Waals surface area contributed by atoms with E-state index in [4.69, 9.17) is 0 Å². The van der Waals surface area contributed by atoms with E-state index in [2.05, 4.69) is 85.8 Å². The summed E-state index contributed by atoms with van der Waals surface area (Å²) in [5.41, 5.74) is 12.9. The van der Waals surface area contributed by atoms with Crippen LogP contribution in [0, 0.1) is 6.92 Å². The number of hydrogen-bond acceptors (Lipinski definition) is 0. The third kappa shape index (κ3) is 3.36. The second-order valence-electron chi connectivity index (χ2n) is 7.42. The molecule has 0 unspecified atom stereocenters. The molecule has 3 aromatic rings. The molecule has 0 aromatic heterocycles. The van der Waals surface area contributed by atoms with Crippen LogP contribution in [0.3, 0.4) is 0 Å². The summed E-state index contributed by atoms with van der Waals surface area (Å²) in [6.07, 6.45) is 7.97. The Morgan fingerprint density at radius 1 is 0.643 bits per heavy atom. The van der Waals surface area contributed by atoms with Crippen LogP contribution in [-0.2, 0) is 6.42 Å². The number of aryl methyl sites for hydroxylation is 1. The maximum absolute atomic E-state index is 2.35. The highest BCUT2D eigenvalue weighted by atomic mass is 14.3. The minimum Gasteiger partial charge on any atom is -0.0683 e. The first-order chi connectivity index (χ1) is 13.8. The quantitative estimate of drug-likeness (QED) is 0.340. The van der Waals surface area contributed by atoms with Crippen LogP contribution < -0.4 is 0 Å². The van der Waals surface area contributed by atoms with Crippen LogP contribution in [-0.4, -0.2) is 0 Å². The zero-order valence-electron chi connectivity index (χ0n) is 17.1. The van der Waals surface area contributed by atoms with Gasteiger partial charge >= 0.3 is 0 Å². The first-order valence-electron chi connectivity index (χ1n) is 10.5. The molecule has 0 heterocycles. The van der Waals surface area contributed by atoms with Gasteiger partial charge in [-0.1, -0.05) is 98.3 Å². The average Bonchev–Trinajstić information content (AvgIpc) is 3.14. The van der Waals surface area contributed by atoms with E-state index in [-0.39, 0.29) is 0 Å². The SMILES string of the molecule is CC.Cc1cccc(C2=CC=C(c3cccc4c3Cc3ccccc3-4)CC2)c1. The standard InChI is InChI=1S/C26H22.C2H6/c1-18-6-4-8-21(16-18)19-12-14-20(15-13-19)23-10-5-11-25-24-9-3-2-7-22(24)17-26(23)25;1-2/h2-12,14,16H,13,15,17H2,1H3;1-2H3. The smallest absolute Gasteiger partial charge is 0.000740 e. The zero-order valence-corrected chi connectivity index (χ0v) is 17.1. The first-order valence-corrected chi connectivity index (χ1v) is 10.5. The Morgan fingerprint density at radius 3 is 2.11 bits per heavy atom. The number of hydrogen-bond donors (Lipinski definition) is 0. The second-order valence-corrected chi connectivity index (χ2v) is 7.42.